The number of thioether (sulfide) groups is 1. The molecular weight excluding hydrogens is 410 g/mol. The Labute approximate surface area is 186 Å². The molecule has 31 heavy (non-hydrogen) atoms. The van der Waals surface area contributed by atoms with Crippen molar-refractivity contribution in [2.45, 2.75) is 49.6 Å². The van der Waals surface area contributed by atoms with Crippen molar-refractivity contribution in [2.24, 2.45) is 0 Å². The number of benzene rings is 2. The normalized spacial score (nSPS) is 17.5. The Bertz CT molecular complexity index is 1050. The molecule has 2 aromatic carbocycles. The fourth-order valence-corrected chi connectivity index (χ4v) is 4.71. The number of aryl methyl sites for hydroxylation is 2. The Morgan fingerprint density at radius 2 is 2.00 bits per heavy atom. The molecule has 0 aliphatic carbocycles. The van der Waals surface area contributed by atoms with Gasteiger partial charge in [-0.15, -0.1) is 10.2 Å². The van der Waals surface area contributed by atoms with Crippen LogP contribution in [0.15, 0.2) is 53.7 Å². The molecule has 2 N–H and O–H groups in total. The molecule has 0 bridgehead atoms. The monoisotopic (exact) mass is 437 g/mol. The summed E-state index contributed by atoms with van der Waals surface area (Å²) in [5, 5.41) is 12.0. The van der Waals surface area contributed by atoms with Crippen molar-refractivity contribution in [1.82, 2.24) is 14.9 Å². The molecule has 0 saturated carbocycles. The van der Waals surface area contributed by atoms with Gasteiger partial charge in [-0.3, -0.25) is 4.79 Å². The molecule has 0 fully saturated rings. The first kappa shape index (κ1) is 21.2. The van der Waals surface area contributed by atoms with E-state index in [2.05, 4.69) is 59.1 Å². The lowest BCUT2D eigenvalue weighted by molar-refractivity contribution is -0.116. The van der Waals surface area contributed by atoms with Crippen LogP contribution in [0, 0.1) is 0 Å². The number of methoxy groups -OCH3 is 1. The zero-order valence-corrected chi connectivity index (χ0v) is 18.8. The maximum atomic E-state index is 13.3. The number of amides is 1. The van der Waals surface area contributed by atoms with Gasteiger partial charge in [0, 0.05) is 18.2 Å². The van der Waals surface area contributed by atoms with Crippen molar-refractivity contribution in [3.8, 4) is 5.75 Å². The molecule has 1 amide bonds. The molecule has 1 aromatic heterocycles. The van der Waals surface area contributed by atoms with Gasteiger partial charge in [0.15, 0.2) is 5.82 Å². The number of anilines is 1. The van der Waals surface area contributed by atoms with Crippen molar-refractivity contribution >= 4 is 23.4 Å². The number of hydrogen-bond acceptors (Lipinski definition) is 6. The van der Waals surface area contributed by atoms with E-state index in [9.17, 15) is 4.79 Å². The summed E-state index contributed by atoms with van der Waals surface area (Å²) in [7, 11) is 1.61. The minimum Gasteiger partial charge on any atom is -0.497 e. The van der Waals surface area contributed by atoms with Crippen LogP contribution in [0.5, 0.6) is 5.75 Å². The van der Waals surface area contributed by atoms with Crippen LogP contribution in [-0.2, 0) is 17.6 Å². The van der Waals surface area contributed by atoms with Crippen LogP contribution in [0.4, 0.5) is 5.69 Å². The molecule has 0 radical (unpaired) electrons. The third-order valence-electron chi connectivity index (χ3n) is 5.32. The number of hydrogen-bond donors (Lipinski definition) is 2. The van der Waals surface area contributed by atoms with Gasteiger partial charge in [0.1, 0.15) is 11.0 Å². The van der Waals surface area contributed by atoms with Crippen molar-refractivity contribution in [3.63, 3.8) is 0 Å². The van der Waals surface area contributed by atoms with E-state index in [-0.39, 0.29) is 11.9 Å². The van der Waals surface area contributed by atoms with Crippen LogP contribution in [0.2, 0.25) is 0 Å². The molecule has 1 aliphatic rings. The zero-order chi connectivity index (χ0) is 21.8. The van der Waals surface area contributed by atoms with Crippen molar-refractivity contribution in [2.75, 3.05) is 17.9 Å². The van der Waals surface area contributed by atoms with Gasteiger partial charge in [0.05, 0.1) is 13.2 Å². The summed E-state index contributed by atoms with van der Waals surface area (Å²) in [6.07, 6.45) is 2.77. The highest BCUT2D eigenvalue weighted by atomic mass is 32.2. The number of nitrogens with zero attached hydrogens (tertiary/aromatic N) is 3. The molecule has 2 atom stereocenters. The van der Waals surface area contributed by atoms with E-state index in [1.165, 1.54) is 17.3 Å². The molecule has 4 rings (SSSR count). The van der Waals surface area contributed by atoms with Crippen LogP contribution in [0.25, 0.3) is 0 Å². The average Bonchev–Trinajstić information content (AvgIpc) is 3.20. The smallest absolute Gasteiger partial charge is 0.240 e. The first-order valence-electron chi connectivity index (χ1n) is 10.5. The SMILES string of the molecule is CCCc1nnc2n1NC(c1ccc(CC)cc1)C(C(=O)Nc1cccc(OC)c1)S2. The van der Waals surface area contributed by atoms with Crippen LogP contribution >= 0.6 is 11.8 Å². The van der Waals surface area contributed by atoms with E-state index >= 15 is 0 Å². The summed E-state index contributed by atoms with van der Waals surface area (Å²) in [4.78, 5) is 13.3. The van der Waals surface area contributed by atoms with Gasteiger partial charge in [-0.05, 0) is 36.1 Å². The van der Waals surface area contributed by atoms with E-state index in [0.717, 1.165) is 30.7 Å². The topological polar surface area (TPSA) is 81.1 Å². The standard InChI is InChI=1S/C23H27N5O2S/c1-4-7-19-25-26-23-28(19)27-20(16-12-10-15(5-2)11-13-16)21(31-23)22(29)24-17-8-6-9-18(14-17)30-3/h6,8-14,20-21,27H,4-5,7H2,1-3H3,(H,24,29). The van der Waals surface area contributed by atoms with Crippen LogP contribution < -0.4 is 15.5 Å². The van der Waals surface area contributed by atoms with Crippen molar-refractivity contribution in [1.29, 1.82) is 0 Å². The van der Waals surface area contributed by atoms with Crippen LogP contribution in [-0.4, -0.2) is 33.1 Å². The number of ether oxygens (including phenoxy) is 1. The quantitative estimate of drug-likeness (QED) is 0.577. The molecule has 0 saturated heterocycles. The van der Waals surface area contributed by atoms with E-state index < -0.39 is 5.25 Å². The molecule has 2 heterocycles. The van der Waals surface area contributed by atoms with Crippen LogP contribution in [0.1, 0.15) is 43.3 Å². The van der Waals surface area contributed by atoms with Gasteiger partial charge < -0.3 is 15.5 Å². The van der Waals surface area contributed by atoms with Gasteiger partial charge in [0.2, 0.25) is 11.1 Å². The second-order valence-corrected chi connectivity index (χ2v) is 8.55. The summed E-state index contributed by atoms with van der Waals surface area (Å²) in [6, 6.07) is 15.6. The summed E-state index contributed by atoms with van der Waals surface area (Å²) in [6.45, 7) is 4.25. The van der Waals surface area contributed by atoms with Crippen LogP contribution in [0.3, 0.4) is 0 Å². The Kier molecular flexibility index (Phi) is 6.46. The molecule has 3 aromatic rings. The largest absolute Gasteiger partial charge is 0.497 e. The number of aromatic nitrogens is 3. The lowest BCUT2D eigenvalue weighted by Gasteiger charge is -2.33. The first-order valence-corrected chi connectivity index (χ1v) is 11.4. The summed E-state index contributed by atoms with van der Waals surface area (Å²) >= 11 is 1.44. The molecule has 1 aliphatic heterocycles. The third kappa shape index (κ3) is 4.54. The van der Waals surface area contributed by atoms with E-state index in [4.69, 9.17) is 4.74 Å². The Morgan fingerprint density at radius 1 is 1.19 bits per heavy atom. The van der Waals surface area contributed by atoms with Crippen molar-refractivity contribution < 1.29 is 9.53 Å². The lowest BCUT2D eigenvalue weighted by Crippen LogP contribution is -2.41. The maximum absolute atomic E-state index is 13.3. The zero-order valence-electron chi connectivity index (χ0n) is 18.0. The fraction of sp³-hybridized carbons (Fsp3) is 0.348. The second-order valence-electron chi connectivity index (χ2n) is 7.45. The Morgan fingerprint density at radius 3 is 2.71 bits per heavy atom. The summed E-state index contributed by atoms with van der Waals surface area (Å²) < 4.78 is 7.21. The van der Waals surface area contributed by atoms with Gasteiger partial charge in [-0.25, -0.2) is 4.68 Å². The first-order chi connectivity index (χ1) is 15.1. The molecule has 0 spiro atoms. The van der Waals surface area contributed by atoms with Gasteiger partial charge in [-0.2, -0.15) is 0 Å². The maximum Gasteiger partial charge on any atom is 0.240 e. The predicted molar refractivity (Wildman–Crippen MR) is 123 cm³/mol. The molecule has 8 heteroatoms. The highest BCUT2D eigenvalue weighted by molar-refractivity contribution is 8.00. The summed E-state index contributed by atoms with van der Waals surface area (Å²) in [5.74, 6) is 1.48. The number of rotatable bonds is 7. The van der Waals surface area contributed by atoms with Crippen molar-refractivity contribution in [3.05, 3.63) is 65.5 Å². The van der Waals surface area contributed by atoms with Gasteiger partial charge in [0.25, 0.3) is 0 Å². The number of carbonyl (C=O) groups excluding carboxylic acids is 1. The summed E-state index contributed by atoms with van der Waals surface area (Å²) in [5.41, 5.74) is 6.52. The molecule has 162 valence electrons. The lowest BCUT2D eigenvalue weighted by atomic mass is 10.0. The predicted octanol–water partition coefficient (Wildman–Crippen LogP) is 4.20. The molecule has 2 unspecified atom stereocenters. The number of carbonyl (C=O) groups is 1. The second kappa shape index (κ2) is 9.43. The molecular formula is C23H27N5O2S. The molecule has 7 nitrogen and oxygen atoms in total. The third-order valence-corrected chi connectivity index (χ3v) is 6.54. The number of fused-ring (bicyclic) bond motifs is 1. The van der Waals surface area contributed by atoms with E-state index in [1.807, 2.05) is 28.9 Å². The average molecular weight is 438 g/mol. The van der Waals surface area contributed by atoms with Gasteiger partial charge >= 0.3 is 0 Å². The Hall–Kier alpha value is -3.00. The van der Waals surface area contributed by atoms with E-state index in [1.54, 1.807) is 7.11 Å². The Balaban J connectivity index is 1.65. The highest BCUT2D eigenvalue weighted by Crippen LogP contribution is 2.38. The minimum absolute atomic E-state index is 0.0957. The number of nitrogens with one attached hydrogen (secondary N) is 2. The fourth-order valence-electron chi connectivity index (χ4n) is 3.61. The van der Waals surface area contributed by atoms with E-state index in [0.29, 0.717) is 16.6 Å². The minimum atomic E-state index is -0.412. The van der Waals surface area contributed by atoms with Gasteiger partial charge in [-0.1, -0.05) is 55.9 Å². The highest BCUT2D eigenvalue weighted by Gasteiger charge is 2.37.